The van der Waals surface area contributed by atoms with Crippen LogP contribution < -0.4 is 10.9 Å². The molecular weight excluding hydrogens is 474 g/mol. The van der Waals surface area contributed by atoms with Gasteiger partial charge in [0.25, 0.3) is 0 Å². The minimum absolute atomic E-state index is 0.201. The van der Waals surface area contributed by atoms with Crippen molar-refractivity contribution in [1.29, 1.82) is 0 Å². The van der Waals surface area contributed by atoms with Crippen molar-refractivity contribution in [3.05, 3.63) is 40.2 Å². The van der Waals surface area contributed by atoms with Gasteiger partial charge in [0.05, 0.1) is 18.8 Å². The Kier molecular flexibility index (Phi) is 7.98. The summed E-state index contributed by atoms with van der Waals surface area (Å²) >= 11 is 0.656. The van der Waals surface area contributed by atoms with E-state index in [0.717, 1.165) is 0 Å². The topological polar surface area (TPSA) is 207 Å². The molecule has 7 N–H and O–H groups in total. The lowest BCUT2D eigenvalue weighted by Crippen LogP contribution is -2.66. The van der Waals surface area contributed by atoms with Crippen molar-refractivity contribution < 1.29 is 49.4 Å². The molecule has 3 rings (SSSR count). The fourth-order valence-electron chi connectivity index (χ4n) is 3.79. The Bertz CT molecular complexity index is 1120. The van der Waals surface area contributed by atoms with E-state index in [0.29, 0.717) is 27.6 Å². The van der Waals surface area contributed by atoms with Crippen LogP contribution in [0, 0.1) is 6.92 Å². The number of carbonyl (C=O) groups is 2. The summed E-state index contributed by atoms with van der Waals surface area (Å²) in [6.45, 7) is -0.145. The lowest BCUT2D eigenvalue weighted by Gasteiger charge is -2.46. The first kappa shape index (κ1) is 26.1. The van der Waals surface area contributed by atoms with Gasteiger partial charge < -0.3 is 45.1 Å². The number of benzene rings is 1. The van der Waals surface area contributed by atoms with Gasteiger partial charge >= 0.3 is 11.6 Å². The number of carbonyl (C=O) groups excluding carboxylic acids is 1. The van der Waals surface area contributed by atoms with E-state index in [1.807, 2.05) is 0 Å². The average Bonchev–Trinajstić information content (AvgIpc) is 2.78. The Morgan fingerprint density at radius 1 is 1.26 bits per heavy atom. The van der Waals surface area contributed by atoms with Crippen molar-refractivity contribution in [1.82, 2.24) is 5.32 Å². The smallest absolute Gasteiger partial charge is 0.347 e. The molecule has 0 radical (unpaired) electrons. The Balaban J connectivity index is 2.01. The van der Waals surface area contributed by atoms with E-state index < -0.39 is 72.5 Å². The molecule has 1 aromatic heterocycles. The molecule has 1 aliphatic rings. The van der Waals surface area contributed by atoms with Crippen molar-refractivity contribution >= 4 is 34.6 Å². The Morgan fingerprint density at radius 3 is 2.59 bits per heavy atom. The minimum Gasteiger partial charge on any atom is -0.478 e. The summed E-state index contributed by atoms with van der Waals surface area (Å²) in [7, 11) is 0. The third-order valence-corrected chi connectivity index (χ3v) is 6.75. The maximum absolute atomic E-state index is 12.3. The number of aliphatic carboxylic acids is 1. The van der Waals surface area contributed by atoms with Crippen LogP contribution in [0.25, 0.3) is 11.0 Å². The Labute approximate surface area is 196 Å². The summed E-state index contributed by atoms with van der Waals surface area (Å²) in [4.78, 5) is 33.9. The number of aliphatic hydroxyl groups excluding tert-OH is 5. The summed E-state index contributed by atoms with van der Waals surface area (Å²) in [6, 6.07) is 4.53. The average molecular weight is 499 g/mol. The number of ether oxygens (including phenoxy) is 1. The van der Waals surface area contributed by atoms with Gasteiger partial charge in [0, 0.05) is 22.8 Å². The monoisotopic (exact) mass is 499 g/mol. The number of aryl methyl sites for hydroxylation is 1. The van der Waals surface area contributed by atoms with Crippen LogP contribution in [0.3, 0.4) is 0 Å². The van der Waals surface area contributed by atoms with Gasteiger partial charge in [0.1, 0.15) is 30.5 Å². The van der Waals surface area contributed by atoms with Crippen molar-refractivity contribution in [2.45, 2.75) is 53.6 Å². The fourth-order valence-corrected chi connectivity index (χ4v) is 4.97. The van der Waals surface area contributed by atoms with Gasteiger partial charge in [0.15, 0.2) is 0 Å². The van der Waals surface area contributed by atoms with Gasteiger partial charge in [-0.05, 0) is 30.7 Å². The largest absolute Gasteiger partial charge is 0.478 e. The molecule has 1 fully saturated rings. The number of aliphatic hydroxyl groups is 5. The van der Waals surface area contributed by atoms with E-state index in [1.54, 1.807) is 19.1 Å². The molecule has 6 atom stereocenters. The van der Waals surface area contributed by atoms with E-state index in [9.17, 15) is 39.9 Å². The van der Waals surface area contributed by atoms with Crippen LogP contribution in [0.15, 0.2) is 38.4 Å². The molecule has 0 saturated carbocycles. The highest BCUT2D eigenvalue weighted by atomic mass is 32.2. The molecule has 1 aromatic carbocycles. The van der Waals surface area contributed by atoms with E-state index in [1.165, 1.54) is 12.1 Å². The molecule has 2 heterocycles. The first-order chi connectivity index (χ1) is 16.0. The second-order valence-electron chi connectivity index (χ2n) is 7.91. The number of thioether (sulfide) groups is 1. The highest BCUT2D eigenvalue weighted by Gasteiger charge is 2.55. The first-order valence-electron chi connectivity index (χ1n) is 10.2. The minimum atomic E-state index is -2.20. The number of hydrogen-bond donors (Lipinski definition) is 7. The molecule has 0 aliphatic carbocycles. The molecule has 12 nitrogen and oxygen atoms in total. The van der Waals surface area contributed by atoms with Gasteiger partial charge in [-0.3, -0.25) is 4.79 Å². The molecule has 186 valence electrons. The van der Waals surface area contributed by atoms with Gasteiger partial charge in [-0.1, -0.05) is 11.8 Å². The molecule has 1 saturated heterocycles. The molecule has 2 aromatic rings. The predicted octanol–water partition coefficient (Wildman–Crippen LogP) is -1.68. The quantitative estimate of drug-likeness (QED) is 0.203. The molecular formula is C21H25NO11S. The molecule has 13 heteroatoms. The number of nitrogens with one attached hydrogen (secondary N) is 1. The van der Waals surface area contributed by atoms with E-state index >= 15 is 0 Å². The number of carboxylic acids is 1. The summed E-state index contributed by atoms with van der Waals surface area (Å²) in [5.74, 6) is -2.45. The number of hydrogen-bond acceptors (Lipinski definition) is 11. The van der Waals surface area contributed by atoms with E-state index in [-0.39, 0.29) is 5.58 Å². The second-order valence-corrected chi connectivity index (χ2v) is 9.25. The third-order valence-electron chi connectivity index (χ3n) is 5.49. The van der Waals surface area contributed by atoms with Crippen LogP contribution in [0.2, 0.25) is 0 Å². The number of amides is 1. The lowest BCUT2D eigenvalue weighted by atomic mass is 9.89. The van der Waals surface area contributed by atoms with Crippen LogP contribution in [0.5, 0.6) is 0 Å². The Morgan fingerprint density at radius 2 is 1.97 bits per heavy atom. The fraction of sp³-hybridized carbons (Fsp3) is 0.476. The third kappa shape index (κ3) is 5.25. The van der Waals surface area contributed by atoms with Crippen molar-refractivity contribution in [2.75, 3.05) is 13.2 Å². The van der Waals surface area contributed by atoms with Crippen LogP contribution >= 0.6 is 11.8 Å². The molecule has 1 amide bonds. The summed E-state index contributed by atoms with van der Waals surface area (Å²) in [5, 5.41) is 62.3. The SMILES string of the molecule is Cc1cc(=O)oc2cc(S[C@]3(C(=O)O)C[C@H](O)[C@@H](NC(=O)CO)[C@H]([C@H](O)[C@H](O)CO)O3)ccc12. The first-order valence-corrected chi connectivity index (χ1v) is 11.0. The summed E-state index contributed by atoms with van der Waals surface area (Å²) < 4.78 is 10.9. The number of fused-ring (bicyclic) bond motifs is 1. The number of rotatable bonds is 8. The van der Waals surface area contributed by atoms with Crippen molar-refractivity contribution in [3.8, 4) is 0 Å². The van der Waals surface area contributed by atoms with Gasteiger partial charge in [-0.15, -0.1) is 0 Å². The lowest BCUT2D eigenvalue weighted by molar-refractivity contribution is -0.205. The van der Waals surface area contributed by atoms with Crippen molar-refractivity contribution in [2.24, 2.45) is 0 Å². The maximum Gasteiger partial charge on any atom is 0.347 e. The van der Waals surface area contributed by atoms with Gasteiger partial charge in [-0.25, -0.2) is 9.59 Å². The second kappa shape index (κ2) is 10.4. The summed E-state index contributed by atoms with van der Waals surface area (Å²) in [5.41, 5.74) is 0.268. The zero-order valence-electron chi connectivity index (χ0n) is 18.0. The van der Waals surface area contributed by atoms with Crippen LogP contribution in [-0.4, -0.2) is 91.1 Å². The highest BCUT2D eigenvalue weighted by molar-refractivity contribution is 8.01. The van der Waals surface area contributed by atoms with Crippen LogP contribution in [-0.2, 0) is 14.3 Å². The zero-order chi connectivity index (χ0) is 25.2. The normalized spacial score (nSPS) is 26.7. The molecule has 0 bridgehead atoms. The van der Waals surface area contributed by atoms with Crippen LogP contribution in [0.1, 0.15) is 12.0 Å². The standard InChI is InChI=1S/C21H25NO11S/c1-9-4-16(28)32-14-5-10(2-3-11(9)14)34-21(20(30)31)6-12(25)17(22-15(27)8-24)19(33-21)18(29)13(26)7-23/h2-5,12-13,17-19,23-26,29H,6-8H2,1H3,(H,22,27)(H,30,31)/t12-,13+,17+,18+,19+,21-/m0/s1. The van der Waals surface area contributed by atoms with Gasteiger partial charge in [-0.2, -0.15) is 0 Å². The van der Waals surface area contributed by atoms with Crippen molar-refractivity contribution in [3.63, 3.8) is 0 Å². The molecule has 0 unspecified atom stereocenters. The molecule has 0 spiro atoms. The van der Waals surface area contributed by atoms with E-state index in [4.69, 9.17) is 14.3 Å². The predicted molar refractivity (Wildman–Crippen MR) is 117 cm³/mol. The van der Waals surface area contributed by atoms with E-state index in [2.05, 4.69) is 5.32 Å². The molecule has 1 aliphatic heterocycles. The summed E-state index contributed by atoms with van der Waals surface area (Å²) in [6.07, 6.45) is -7.50. The number of carboxylic acid groups (broad SMARTS) is 1. The maximum atomic E-state index is 12.3. The van der Waals surface area contributed by atoms with Gasteiger partial charge in [0.2, 0.25) is 10.8 Å². The zero-order valence-corrected chi connectivity index (χ0v) is 18.8. The molecule has 34 heavy (non-hydrogen) atoms. The van der Waals surface area contributed by atoms with Crippen LogP contribution in [0.4, 0.5) is 0 Å². The highest BCUT2D eigenvalue weighted by Crippen LogP contribution is 2.44. The Hall–Kier alpha value is -2.52.